The number of anilines is 4. The summed E-state index contributed by atoms with van der Waals surface area (Å²) in [5, 5.41) is 16.0. The molecule has 162 valence electrons. The Bertz CT molecular complexity index is 1060. The number of rotatable bonds is 7. The van der Waals surface area contributed by atoms with E-state index < -0.39 is 5.82 Å². The first kappa shape index (κ1) is 20.4. The number of nitrogens with one attached hydrogen (secondary N) is 4. The number of carbonyl (C=O) groups is 1. The Balaban J connectivity index is 1.55. The lowest BCUT2D eigenvalue weighted by Gasteiger charge is -2.39. The van der Waals surface area contributed by atoms with Crippen molar-refractivity contribution in [3.8, 4) is 0 Å². The van der Waals surface area contributed by atoms with Gasteiger partial charge in [-0.15, -0.1) is 0 Å². The number of aryl methyl sites for hydroxylation is 1. The number of H-pyrrole nitrogens is 1. The second-order valence-electron chi connectivity index (χ2n) is 7.27. The molecule has 3 aromatic heterocycles. The van der Waals surface area contributed by atoms with Crippen LogP contribution >= 0.6 is 0 Å². The molecule has 1 amide bonds. The van der Waals surface area contributed by atoms with E-state index >= 15 is 0 Å². The van der Waals surface area contributed by atoms with Crippen LogP contribution in [0.4, 0.5) is 28.1 Å². The molecule has 4 N–H and O–H groups in total. The van der Waals surface area contributed by atoms with Gasteiger partial charge in [0, 0.05) is 31.8 Å². The van der Waals surface area contributed by atoms with E-state index in [1.54, 1.807) is 0 Å². The summed E-state index contributed by atoms with van der Waals surface area (Å²) in [5.41, 5.74) is 0.887. The predicted octanol–water partition coefficient (Wildman–Crippen LogP) is 1.07. The molecule has 1 aliphatic rings. The quantitative estimate of drug-likeness (QED) is 0.431. The molecule has 1 fully saturated rings. The van der Waals surface area contributed by atoms with E-state index in [-0.39, 0.29) is 18.0 Å². The van der Waals surface area contributed by atoms with E-state index in [2.05, 4.69) is 51.1 Å². The molecule has 0 radical (unpaired) electrons. The predicted molar refractivity (Wildman–Crippen MR) is 110 cm³/mol. The van der Waals surface area contributed by atoms with Gasteiger partial charge in [-0.2, -0.15) is 20.1 Å². The molecule has 31 heavy (non-hydrogen) atoms. The van der Waals surface area contributed by atoms with E-state index in [1.807, 2.05) is 24.8 Å². The Morgan fingerprint density at radius 3 is 2.58 bits per heavy atom. The van der Waals surface area contributed by atoms with E-state index in [0.717, 1.165) is 18.1 Å². The Kier molecular flexibility index (Phi) is 5.56. The lowest BCUT2D eigenvalue weighted by atomic mass is 10.1. The highest BCUT2D eigenvalue weighted by molar-refractivity contribution is 5.73. The van der Waals surface area contributed by atoms with Gasteiger partial charge in [0.15, 0.2) is 11.6 Å². The molecule has 0 spiro atoms. The molecule has 1 saturated heterocycles. The molecule has 1 aliphatic heterocycles. The summed E-state index contributed by atoms with van der Waals surface area (Å²) in [5.74, 6) is 1.42. The van der Waals surface area contributed by atoms with Gasteiger partial charge in [0.25, 0.3) is 0 Å². The zero-order valence-electron chi connectivity index (χ0n) is 17.2. The van der Waals surface area contributed by atoms with E-state index in [0.29, 0.717) is 42.6 Å². The number of aromatic nitrogens is 7. The topological polar surface area (TPSA) is 150 Å². The summed E-state index contributed by atoms with van der Waals surface area (Å²) in [7, 11) is 0. The Morgan fingerprint density at radius 2 is 1.94 bits per heavy atom. The third-order valence-corrected chi connectivity index (χ3v) is 4.51. The van der Waals surface area contributed by atoms with Crippen LogP contribution in [0.15, 0.2) is 18.5 Å². The highest BCUT2D eigenvalue weighted by Crippen LogP contribution is 2.22. The van der Waals surface area contributed by atoms with Crippen molar-refractivity contribution in [2.75, 3.05) is 28.6 Å². The molecule has 13 heteroatoms. The van der Waals surface area contributed by atoms with E-state index in [4.69, 9.17) is 0 Å². The van der Waals surface area contributed by atoms with Crippen molar-refractivity contribution >= 4 is 29.6 Å². The van der Waals surface area contributed by atoms with Gasteiger partial charge in [-0.3, -0.25) is 9.89 Å². The first-order valence-corrected chi connectivity index (χ1v) is 9.67. The highest BCUT2D eigenvalue weighted by Gasteiger charge is 2.30. The number of hydrogen-bond acceptors (Lipinski definition) is 10. The average molecular weight is 427 g/mol. The lowest BCUT2D eigenvalue weighted by molar-refractivity contribution is -0.119. The number of hydrogen-bond donors (Lipinski definition) is 4. The van der Waals surface area contributed by atoms with Gasteiger partial charge >= 0.3 is 0 Å². The van der Waals surface area contributed by atoms with Gasteiger partial charge in [-0.25, -0.2) is 14.4 Å². The Hall–Kier alpha value is -3.90. The van der Waals surface area contributed by atoms with Crippen molar-refractivity contribution < 1.29 is 9.18 Å². The van der Waals surface area contributed by atoms with Gasteiger partial charge in [0.1, 0.15) is 5.82 Å². The molecule has 4 rings (SSSR count). The fraction of sp³-hybridized carbons (Fsp3) is 0.389. The third-order valence-electron chi connectivity index (χ3n) is 4.51. The van der Waals surface area contributed by atoms with E-state index in [9.17, 15) is 9.18 Å². The van der Waals surface area contributed by atoms with Crippen LogP contribution in [-0.4, -0.2) is 60.2 Å². The van der Waals surface area contributed by atoms with Crippen molar-refractivity contribution in [1.82, 2.24) is 40.4 Å². The molecule has 12 nitrogen and oxygen atoms in total. The summed E-state index contributed by atoms with van der Waals surface area (Å²) in [6.45, 7) is 6.36. The first-order chi connectivity index (χ1) is 14.9. The smallest absolute Gasteiger partial charge is 0.235 e. The van der Waals surface area contributed by atoms with Crippen LogP contribution < -0.4 is 20.9 Å². The SMILES string of the molecule is CC(=O)NC1CN(c2nc(Nc3cc(C)[nH]n3)nc(N[C@@H](C)c3ncc(F)cn3)n2)C1. The highest BCUT2D eigenvalue weighted by atomic mass is 19.1. The van der Waals surface area contributed by atoms with Crippen LogP contribution in [-0.2, 0) is 4.79 Å². The zero-order valence-corrected chi connectivity index (χ0v) is 17.2. The molecule has 3 aromatic rings. The van der Waals surface area contributed by atoms with Crippen molar-refractivity contribution in [3.05, 3.63) is 35.8 Å². The van der Waals surface area contributed by atoms with Gasteiger partial charge in [-0.05, 0) is 13.8 Å². The van der Waals surface area contributed by atoms with Crippen LogP contribution in [0, 0.1) is 12.7 Å². The van der Waals surface area contributed by atoms with Gasteiger partial charge < -0.3 is 20.9 Å². The van der Waals surface area contributed by atoms with Crippen LogP contribution in [0.5, 0.6) is 0 Å². The number of nitrogens with zero attached hydrogens (tertiary/aromatic N) is 7. The third kappa shape index (κ3) is 4.99. The van der Waals surface area contributed by atoms with Crippen molar-refractivity contribution in [1.29, 1.82) is 0 Å². The Labute approximate surface area is 177 Å². The summed E-state index contributed by atoms with van der Waals surface area (Å²) >= 11 is 0. The summed E-state index contributed by atoms with van der Waals surface area (Å²) in [6, 6.07) is 1.49. The van der Waals surface area contributed by atoms with Crippen LogP contribution in [0.25, 0.3) is 0 Å². The fourth-order valence-electron chi connectivity index (χ4n) is 3.05. The Morgan fingerprint density at radius 1 is 1.23 bits per heavy atom. The minimum atomic E-state index is -0.509. The molecular weight excluding hydrogens is 405 g/mol. The molecule has 0 unspecified atom stereocenters. The largest absolute Gasteiger partial charge is 0.350 e. The first-order valence-electron chi connectivity index (χ1n) is 9.67. The van der Waals surface area contributed by atoms with Crippen molar-refractivity contribution in [3.63, 3.8) is 0 Å². The maximum atomic E-state index is 13.1. The second-order valence-corrected chi connectivity index (χ2v) is 7.27. The van der Waals surface area contributed by atoms with Crippen molar-refractivity contribution in [2.24, 2.45) is 0 Å². The molecule has 0 aromatic carbocycles. The normalized spacial score (nSPS) is 14.6. The summed E-state index contributed by atoms with van der Waals surface area (Å²) in [4.78, 5) is 34.5. The number of aromatic amines is 1. The molecule has 0 saturated carbocycles. The van der Waals surface area contributed by atoms with Crippen LogP contribution in [0.1, 0.15) is 31.4 Å². The van der Waals surface area contributed by atoms with Gasteiger partial charge in [0.05, 0.1) is 24.5 Å². The number of amides is 1. The van der Waals surface area contributed by atoms with Crippen molar-refractivity contribution in [2.45, 2.75) is 32.9 Å². The molecule has 0 bridgehead atoms. The standard InChI is InChI=1S/C18H22FN11O/c1-9-4-14(29-28-9)24-17-25-16(22-10(2)15-20-5-12(19)6-21-15)26-18(27-17)30-7-13(8-30)23-11(3)31/h4-6,10,13H,7-8H2,1-3H3,(H,23,31)(H3,22,24,25,26,27,28,29)/t10-/m0/s1. The zero-order chi connectivity index (χ0) is 22.0. The van der Waals surface area contributed by atoms with Crippen LogP contribution in [0.3, 0.4) is 0 Å². The van der Waals surface area contributed by atoms with Gasteiger partial charge in [0.2, 0.25) is 23.8 Å². The lowest BCUT2D eigenvalue weighted by Crippen LogP contribution is -2.59. The fourth-order valence-corrected chi connectivity index (χ4v) is 3.05. The molecular formula is C18H22FN11O. The molecule has 1 atom stereocenters. The summed E-state index contributed by atoms with van der Waals surface area (Å²) < 4.78 is 13.1. The maximum Gasteiger partial charge on any atom is 0.235 e. The maximum absolute atomic E-state index is 13.1. The monoisotopic (exact) mass is 427 g/mol. The summed E-state index contributed by atoms with van der Waals surface area (Å²) in [6.07, 6.45) is 2.21. The second kappa shape index (κ2) is 8.45. The van der Waals surface area contributed by atoms with Crippen LogP contribution in [0.2, 0.25) is 0 Å². The number of carbonyl (C=O) groups excluding carboxylic acids is 1. The average Bonchev–Trinajstić information content (AvgIpc) is 3.09. The minimum Gasteiger partial charge on any atom is -0.350 e. The van der Waals surface area contributed by atoms with E-state index in [1.165, 1.54) is 6.92 Å². The molecule has 0 aliphatic carbocycles. The molecule has 4 heterocycles. The number of halogens is 1. The van der Waals surface area contributed by atoms with Gasteiger partial charge in [-0.1, -0.05) is 0 Å². The minimum absolute atomic E-state index is 0.0441.